The first kappa shape index (κ1) is 20.1. The van der Waals surface area contributed by atoms with Crippen molar-refractivity contribution in [1.82, 2.24) is 9.62 Å². The number of hydrogen-bond donors (Lipinski definition) is 1. The zero-order valence-corrected chi connectivity index (χ0v) is 15.3. The third kappa shape index (κ3) is 5.94. The Balaban J connectivity index is 2.02. The molecule has 1 aromatic carbocycles. The van der Waals surface area contributed by atoms with E-state index < -0.39 is 21.9 Å². The van der Waals surface area contributed by atoms with E-state index in [0.29, 0.717) is 37.4 Å². The first-order valence-corrected chi connectivity index (χ1v) is 9.69. The van der Waals surface area contributed by atoms with E-state index in [1.807, 2.05) is 0 Å². The Kier molecular flexibility index (Phi) is 7.31. The lowest BCUT2D eigenvalue weighted by Crippen LogP contribution is -2.41. The summed E-state index contributed by atoms with van der Waals surface area (Å²) in [7, 11) is -2.24. The number of sulfonamides is 1. The summed E-state index contributed by atoms with van der Waals surface area (Å²) in [6.07, 6.45) is 2.09. The van der Waals surface area contributed by atoms with Crippen LogP contribution < -0.4 is 5.32 Å². The number of carbonyl (C=O) groups is 2. The Labute approximate surface area is 152 Å². The second-order valence-electron chi connectivity index (χ2n) is 5.61. The van der Waals surface area contributed by atoms with E-state index in [0.717, 1.165) is 12.2 Å². The summed E-state index contributed by atoms with van der Waals surface area (Å²) in [6.45, 7) is 1.63. The van der Waals surface area contributed by atoms with Crippen LogP contribution in [-0.2, 0) is 41.4 Å². The maximum atomic E-state index is 12.6. The third-order valence-electron chi connectivity index (χ3n) is 3.84. The number of benzene rings is 1. The Bertz CT molecular complexity index is 769. The molecule has 1 saturated heterocycles. The summed E-state index contributed by atoms with van der Waals surface area (Å²) < 4.78 is 36.2. The standard InChI is InChI=1S/C17H22N2O6S/c1-24-17(21)7-6-16(20)18-12-14-4-2-3-5-15(14)13-26(22,23)19-8-10-25-11-9-19/h2-7H,8-13H2,1H3,(H,18,20)/b7-6+. The number of rotatable bonds is 7. The van der Waals surface area contributed by atoms with Gasteiger partial charge in [-0.3, -0.25) is 4.79 Å². The lowest BCUT2D eigenvalue weighted by Gasteiger charge is -2.26. The average Bonchev–Trinajstić information content (AvgIpc) is 2.65. The van der Waals surface area contributed by atoms with Gasteiger partial charge in [-0.05, 0) is 11.1 Å². The maximum absolute atomic E-state index is 12.6. The van der Waals surface area contributed by atoms with Gasteiger partial charge in [0, 0.05) is 31.8 Å². The predicted molar refractivity (Wildman–Crippen MR) is 94.5 cm³/mol. The largest absolute Gasteiger partial charge is 0.466 e. The highest BCUT2D eigenvalue weighted by atomic mass is 32.2. The molecule has 1 heterocycles. The third-order valence-corrected chi connectivity index (χ3v) is 5.67. The minimum absolute atomic E-state index is 0.142. The van der Waals surface area contributed by atoms with Gasteiger partial charge in [0.05, 0.1) is 26.1 Å². The summed E-state index contributed by atoms with van der Waals surface area (Å²) in [5.74, 6) is -1.24. The lowest BCUT2D eigenvalue weighted by molar-refractivity contribution is -0.135. The van der Waals surface area contributed by atoms with E-state index in [1.165, 1.54) is 11.4 Å². The minimum Gasteiger partial charge on any atom is -0.466 e. The van der Waals surface area contributed by atoms with Crippen molar-refractivity contribution in [2.75, 3.05) is 33.4 Å². The highest BCUT2D eigenvalue weighted by Crippen LogP contribution is 2.16. The molecule has 8 nitrogen and oxygen atoms in total. The topological polar surface area (TPSA) is 102 Å². The van der Waals surface area contributed by atoms with Crippen molar-refractivity contribution in [3.8, 4) is 0 Å². The molecule has 1 amide bonds. The molecule has 1 aliphatic rings. The Morgan fingerprint density at radius 3 is 2.50 bits per heavy atom. The van der Waals surface area contributed by atoms with Gasteiger partial charge in [-0.1, -0.05) is 24.3 Å². The Hall–Kier alpha value is -2.23. The molecule has 0 atom stereocenters. The molecule has 0 radical (unpaired) electrons. The molecule has 0 aromatic heterocycles. The van der Waals surface area contributed by atoms with Gasteiger partial charge >= 0.3 is 5.97 Å². The predicted octanol–water partition coefficient (Wildman–Crippen LogP) is 0.194. The lowest BCUT2D eigenvalue weighted by atomic mass is 10.1. The van der Waals surface area contributed by atoms with Gasteiger partial charge in [0.2, 0.25) is 15.9 Å². The van der Waals surface area contributed by atoms with Crippen molar-refractivity contribution < 1.29 is 27.5 Å². The molecule has 26 heavy (non-hydrogen) atoms. The van der Waals surface area contributed by atoms with Crippen LogP contribution in [0.15, 0.2) is 36.4 Å². The number of carbonyl (C=O) groups excluding carboxylic acids is 2. The Morgan fingerprint density at radius 1 is 1.19 bits per heavy atom. The maximum Gasteiger partial charge on any atom is 0.330 e. The molecule has 0 bridgehead atoms. The van der Waals surface area contributed by atoms with Crippen LogP contribution in [0.4, 0.5) is 0 Å². The van der Waals surface area contributed by atoms with Gasteiger partial charge in [0.25, 0.3) is 0 Å². The van der Waals surface area contributed by atoms with Crippen LogP contribution >= 0.6 is 0 Å². The summed E-state index contributed by atoms with van der Waals surface area (Å²) >= 11 is 0. The van der Waals surface area contributed by atoms with Crippen LogP contribution in [0.2, 0.25) is 0 Å². The molecule has 1 aliphatic heterocycles. The molecule has 1 aromatic rings. The fourth-order valence-electron chi connectivity index (χ4n) is 2.44. The van der Waals surface area contributed by atoms with E-state index in [9.17, 15) is 18.0 Å². The van der Waals surface area contributed by atoms with Gasteiger partial charge in [-0.15, -0.1) is 0 Å². The fraction of sp³-hybridized carbons (Fsp3) is 0.412. The zero-order valence-electron chi connectivity index (χ0n) is 14.5. The quantitative estimate of drug-likeness (QED) is 0.534. The molecular weight excluding hydrogens is 360 g/mol. The number of esters is 1. The highest BCUT2D eigenvalue weighted by molar-refractivity contribution is 7.88. The first-order chi connectivity index (χ1) is 12.4. The number of nitrogens with one attached hydrogen (secondary N) is 1. The number of morpholine rings is 1. The smallest absolute Gasteiger partial charge is 0.330 e. The number of nitrogens with zero attached hydrogens (tertiary/aromatic N) is 1. The van der Waals surface area contributed by atoms with E-state index in [1.54, 1.807) is 24.3 Å². The molecule has 1 fully saturated rings. The van der Waals surface area contributed by atoms with Crippen LogP contribution in [-0.4, -0.2) is 58.0 Å². The molecule has 0 saturated carbocycles. The molecule has 0 unspecified atom stereocenters. The van der Waals surface area contributed by atoms with E-state index in [-0.39, 0.29) is 12.3 Å². The van der Waals surface area contributed by atoms with Crippen LogP contribution in [0, 0.1) is 0 Å². The van der Waals surface area contributed by atoms with Gasteiger partial charge in [-0.2, -0.15) is 4.31 Å². The van der Waals surface area contributed by atoms with Crippen molar-refractivity contribution in [2.24, 2.45) is 0 Å². The van der Waals surface area contributed by atoms with Crippen molar-refractivity contribution in [2.45, 2.75) is 12.3 Å². The van der Waals surface area contributed by atoms with Crippen LogP contribution in [0.25, 0.3) is 0 Å². The first-order valence-electron chi connectivity index (χ1n) is 8.08. The van der Waals surface area contributed by atoms with Crippen LogP contribution in [0.5, 0.6) is 0 Å². The molecule has 0 spiro atoms. The van der Waals surface area contributed by atoms with E-state index in [2.05, 4.69) is 10.1 Å². The van der Waals surface area contributed by atoms with E-state index >= 15 is 0 Å². The summed E-state index contributed by atoms with van der Waals surface area (Å²) in [6, 6.07) is 7.02. The summed E-state index contributed by atoms with van der Waals surface area (Å²) in [5, 5.41) is 2.62. The van der Waals surface area contributed by atoms with Gasteiger partial charge in [0.15, 0.2) is 0 Å². The van der Waals surface area contributed by atoms with Gasteiger partial charge in [-0.25, -0.2) is 13.2 Å². The fourth-order valence-corrected chi connectivity index (χ4v) is 4.00. The SMILES string of the molecule is COC(=O)/C=C/C(=O)NCc1ccccc1CS(=O)(=O)N1CCOCC1. The molecule has 0 aliphatic carbocycles. The number of methoxy groups -OCH3 is 1. The van der Waals surface area contributed by atoms with Crippen molar-refractivity contribution in [1.29, 1.82) is 0 Å². The number of hydrogen-bond acceptors (Lipinski definition) is 6. The van der Waals surface area contributed by atoms with Gasteiger partial charge < -0.3 is 14.8 Å². The van der Waals surface area contributed by atoms with Gasteiger partial charge in [0.1, 0.15) is 0 Å². The summed E-state index contributed by atoms with van der Waals surface area (Å²) in [5.41, 5.74) is 1.32. The zero-order chi connectivity index (χ0) is 19.0. The van der Waals surface area contributed by atoms with Crippen molar-refractivity contribution in [3.63, 3.8) is 0 Å². The van der Waals surface area contributed by atoms with Crippen LogP contribution in [0.3, 0.4) is 0 Å². The molecule has 142 valence electrons. The Morgan fingerprint density at radius 2 is 1.85 bits per heavy atom. The molecule has 1 N–H and O–H groups in total. The highest BCUT2D eigenvalue weighted by Gasteiger charge is 2.25. The number of ether oxygens (including phenoxy) is 2. The minimum atomic E-state index is -3.46. The normalized spacial score (nSPS) is 15.7. The van der Waals surface area contributed by atoms with Crippen LogP contribution in [0.1, 0.15) is 11.1 Å². The number of amides is 1. The average molecular weight is 382 g/mol. The monoisotopic (exact) mass is 382 g/mol. The summed E-state index contributed by atoms with van der Waals surface area (Å²) in [4.78, 5) is 22.7. The molecule has 2 rings (SSSR count). The van der Waals surface area contributed by atoms with Crippen molar-refractivity contribution >= 4 is 21.9 Å². The second kappa shape index (κ2) is 9.46. The molecular formula is C17H22N2O6S. The second-order valence-corrected chi connectivity index (χ2v) is 7.58. The molecule has 9 heteroatoms. The van der Waals surface area contributed by atoms with E-state index in [4.69, 9.17) is 4.74 Å². The van der Waals surface area contributed by atoms with Crippen molar-refractivity contribution in [3.05, 3.63) is 47.5 Å².